The molecular formula is C23H23F2N5O2. The first-order valence-corrected chi connectivity index (χ1v) is 10.1. The summed E-state index contributed by atoms with van der Waals surface area (Å²) in [4.78, 5) is 3.86. The summed E-state index contributed by atoms with van der Waals surface area (Å²) in [5.41, 5.74) is -0.129. The van der Waals surface area contributed by atoms with Crippen molar-refractivity contribution in [3.8, 4) is 0 Å². The van der Waals surface area contributed by atoms with Crippen LogP contribution in [0.4, 0.5) is 8.78 Å². The Labute approximate surface area is 183 Å². The van der Waals surface area contributed by atoms with E-state index in [0.717, 1.165) is 17.7 Å². The molecule has 0 unspecified atom stereocenters. The Bertz CT molecular complexity index is 1150. The van der Waals surface area contributed by atoms with Gasteiger partial charge in [-0.1, -0.05) is 36.4 Å². The fraction of sp³-hybridized carbons (Fsp3) is 0.261. The second kappa shape index (κ2) is 9.37. The van der Waals surface area contributed by atoms with Gasteiger partial charge in [-0.2, -0.15) is 10.2 Å². The van der Waals surface area contributed by atoms with Crippen LogP contribution in [-0.2, 0) is 30.0 Å². The van der Waals surface area contributed by atoms with Crippen molar-refractivity contribution in [1.29, 1.82) is 0 Å². The second-order valence-electron chi connectivity index (χ2n) is 7.58. The van der Waals surface area contributed by atoms with Crippen molar-refractivity contribution in [2.45, 2.75) is 38.3 Å². The fourth-order valence-corrected chi connectivity index (χ4v) is 3.52. The largest absolute Gasteiger partial charge is 0.380 e. The molecule has 0 aliphatic heterocycles. The van der Waals surface area contributed by atoms with E-state index in [4.69, 9.17) is 4.74 Å². The Morgan fingerprint density at radius 1 is 1.09 bits per heavy atom. The third-order valence-electron chi connectivity index (χ3n) is 5.30. The molecule has 4 aromatic rings. The molecule has 2 aromatic carbocycles. The van der Waals surface area contributed by atoms with Crippen LogP contribution in [0.1, 0.15) is 23.7 Å². The lowest BCUT2D eigenvalue weighted by Gasteiger charge is -2.34. The monoisotopic (exact) mass is 439 g/mol. The Balaban J connectivity index is 1.50. The van der Waals surface area contributed by atoms with Gasteiger partial charge in [-0.05, 0) is 24.6 Å². The molecule has 2 aromatic heterocycles. The summed E-state index contributed by atoms with van der Waals surface area (Å²) in [6.45, 7) is 2.22. The van der Waals surface area contributed by atoms with E-state index in [2.05, 4.69) is 15.2 Å². The molecule has 0 aliphatic carbocycles. The van der Waals surface area contributed by atoms with Crippen molar-refractivity contribution in [2.75, 3.05) is 0 Å². The smallest absolute Gasteiger partial charge is 0.138 e. The topological polar surface area (TPSA) is 78.0 Å². The Hall–Kier alpha value is -3.43. The van der Waals surface area contributed by atoms with Gasteiger partial charge in [0, 0.05) is 17.8 Å². The van der Waals surface area contributed by atoms with E-state index >= 15 is 0 Å². The molecule has 9 heteroatoms. The predicted octanol–water partition coefficient (Wildman–Crippen LogP) is 3.29. The lowest BCUT2D eigenvalue weighted by molar-refractivity contribution is -0.124. The van der Waals surface area contributed by atoms with Gasteiger partial charge in [0.25, 0.3) is 0 Å². The molecule has 2 atom stereocenters. The first-order chi connectivity index (χ1) is 15.4. The van der Waals surface area contributed by atoms with Gasteiger partial charge < -0.3 is 9.84 Å². The molecule has 0 radical (unpaired) electrons. The number of hydrogen-bond donors (Lipinski definition) is 1. The molecule has 166 valence electrons. The molecule has 0 saturated heterocycles. The molecule has 0 fully saturated rings. The van der Waals surface area contributed by atoms with E-state index in [1.165, 1.54) is 23.4 Å². The van der Waals surface area contributed by atoms with Crippen LogP contribution in [0, 0.1) is 11.6 Å². The van der Waals surface area contributed by atoms with Gasteiger partial charge in [0.15, 0.2) is 0 Å². The molecule has 0 aliphatic rings. The summed E-state index contributed by atoms with van der Waals surface area (Å²) in [5, 5.41) is 20.0. The molecule has 0 bridgehead atoms. The minimum Gasteiger partial charge on any atom is -0.380 e. The van der Waals surface area contributed by atoms with E-state index in [1.54, 1.807) is 11.6 Å². The van der Waals surface area contributed by atoms with Gasteiger partial charge in [0.2, 0.25) is 0 Å². The summed E-state index contributed by atoms with van der Waals surface area (Å²) in [7, 11) is 0. The maximum absolute atomic E-state index is 14.6. The van der Waals surface area contributed by atoms with Crippen LogP contribution >= 0.6 is 0 Å². The molecule has 0 saturated carbocycles. The Morgan fingerprint density at radius 3 is 2.62 bits per heavy atom. The first kappa shape index (κ1) is 21.8. The van der Waals surface area contributed by atoms with Gasteiger partial charge >= 0.3 is 0 Å². The highest BCUT2D eigenvalue weighted by Gasteiger charge is 2.40. The number of halogens is 2. The van der Waals surface area contributed by atoms with Crippen molar-refractivity contribution in [2.24, 2.45) is 0 Å². The van der Waals surface area contributed by atoms with Crippen molar-refractivity contribution in [3.63, 3.8) is 0 Å². The Morgan fingerprint density at radius 2 is 1.91 bits per heavy atom. The van der Waals surface area contributed by atoms with Crippen LogP contribution < -0.4 is 0 Å². The van der Waals surface area contributed by atoms with Crippen LogP contribution in [0.5, 0.6) is 0 Å². The number of benzene rings is 2. The summed E-state index contributed by atoms with van der Waals surface area (Å²) in [6.07, 6.45) is 3.69. The summed E-state index contributed by atoms with van der Waals surface area (Å²) in [5.74, 6) is -1.60. The van der Waals surface area contributed by atoms with E-state index in [9.17, 15) is 13.9 Å². The number of nitrogens with zero attached hydrogens (tertiary/aromatic N) is 5. The molecule has 0 spiro atoms. The van der Waals surface area contributed by atoms with Gasteiger partial charge in [-0.15, -0.1) is 0 Å². The van der Waals surface area contributed by atoms with Crippen molar-refractivity contribution in [3.05, 3.63) is 102 Å². The fourth-order valence-electron chi connectivity index (χ4n) is 3.52. The number of hydrogen-bond acceptors (Lipinski definition) is 5. The Kier molecular flexibility index (Phi) is 6.38. The standard InChI is InChI=1S/C23H23F2N5O2/c1-17(32-13-20-9-10-29(28-20)12-18-5-3-2-4-6-18)23(31,14-30-16-26-15-27-30)21-8-7-19(24)11-22(21)25/h2-11,15-17,31H,12-14H2,1H3/t17-,23-/m1/s1. The lowest BCUT2D eigenvalue weighted by Crippen LogP contribution is -2.44. The normalized spacial score (nSPS) is 14.2. The highest BCUT2D eigenvalue weighted by atomic mass is 19.1. The number of rotatable bonds is 9. The quantitative estimate of drug-likeness (QED) is 0.433. The molecule has 32 heavy (non-hydrogen) atoms. The average Bonchev–Trinajstić information content (AvgIpc) is 3.44. The minimum absolute atomic E-state index is 0.0866. The highest BCUT2D eigenvalue weighted by Crippen LogP contribution is 2.32. The molecule has 0 amide bonds. The maximum Gasteiger partial charge on any atom is 0.138 e. The molecule has 7 nitrogen and oxygen atoms in total. The zero-order chi connectivity index (χ0) is 22.6. The van der Waals surface area contributed by atoms with Crippen molar-refractivity contribution >= 4 is 0 Å². The summed E-state index contributed by atoms with van der Waals surface area (Å²) in [6, 6.07) is 14.8. The van der Waals surface area contributed by atoms with Crippen LogP contribution in [0.15, 0.2) is 73.4 Å². The van der Waals surface area contributed by atoms with Crippen LogP contribution in [0.3, 0.4) is 0 Å². The van der Waals surface area contributed by atoms with Crippen molar-refractivity contribution in [1.82, 2.24) is 24.5 Å². The van der Waals surface area contributed by atoms with Crippen molar-refractivity contribution < 1.29 is 18.6 Å². The van der Waals surface area contributed by atoms with E-state index in [1.807, 2.05) is 42.6 Å². The number of ether oxygens (including phenoxy) is 1. The first-order valence-electron chi connectivity index (χ1n) is 10.1. The SMILES string of the molecule is C[C@@H](OCc1ccn(Cc2ccccc2)n1)[C@](O)(Cn1cncn1)c1ccc(F)cc1F. The van der Waals surface area contributed by atoms with Gasteiger partial charge in [0.1, 0.15) is 29.9 Å². The maximum atomic E-state index is 14.6. The third-order valence-corrected chi connectivity index (χ3v) is 5.30. The van der Waals surface area contributed by atoms with Crippen LogP contribution in [-0.4, -0.2) is 35.8 Å². The van der Waals surface area contributed by atoms with Gasteiger partial charge in [0.05, 0.1) is 31.5 Å². The predicted molar refractivity (Wildman–Crippen MR) is 112 cm³/mol. The zero-order valence-electron chi connectivity index (χ0n) is 17.5. The minimum atomic E-state index is -1.82. The van der Waals surface area contributed by atoms with Gasteiger partial charge in [-0.3, -0.25) is 4.68 Å². The summed E-state index contributed by atoms with van der Waals surface area (Å²) < 4.78 is 37.1. The van der Waals surface area contributed by atoms with E-state index in [0.29, 0.717) is 12.2 Å². The van der Waals surface area contributed by atoms with E-state index < -0.39 is 23.3 Å². The molecule has 2 heterocycles. The second-order valence-corrected chi connectivity index (χ2v) is 7.58. The number of aliphatic hydroxyl groups is 1. The zero-order valence-corrected chi connectivity index (χ0v) is 17.5. The molecule has 1 N–H and O–H groups in total. The van der Waals surface area contributed by atoms with E-state index in [-0.39, 0.29) is 18.7 Å². The summed E-state index contributed by atoms with van der Waals surface area (Å²) >= 11 is 0. The highest BCUT2D eigenvalue weighted by molar-refractivity contribution is 5.26. The molecular weight excluding hydrogens is 416 g/mol. The van der Waals surface area contributed by atoms with Crippen LogP contribution in [0.25, 0.3) is 0 Å². The third kappa shape index (κ3) is 4.90. The average molecular weight is 439 g/mol. The van der Waals surface area contributed by atoms with Crippen LogP contribution in [0.2, 0.25) is 0 Å². The number of aromatic nitrogens is 5. The molecule has 4 rings (SSSR count). The van der Waals surface area contributed by atoms with Gasteiger partial charge in [-0.25, -0.2) is 18.4 Å². The lowest BCUT2D eigenvalue weighted by atomic mass is 9.88.